The first kappa shape index (κ1) is 14.4. The normalized spacial score (nSPS) is 19.4. The van der Waals surface area contributed by atoms with E-state index in [-0.39, 0.29) is 0 Å². The van der Waals surface area contributed by atoms with Gasteiger partial charge in [0, 0.05) is 20.1 Å². The molecule has 0 spiro atoms. The number of hydrogen-bond acceptors (Lipinski definition) is 4. The van der Waals surface area contributed by atoms with Gasteiger partial charge in [-0.1, -0.05) is 6.92 Å². The van der Waals surface area contributed by atoms with E-state index >= 15 is 0 Å². The van der Waals surface area contributed by atoms with Crippen molar-refractivity contribution in [2.75, 3.05) is 33.2 Å². The predicted octanol–water partition coefficient (Wildman–Crippen LogP) is 0.646. The third-order valence-electron chi connectivity index (χ3n) is 3.24. The third kappa shape index (κ3) is 3.66. The van der Waals surface area contributed by atoms with E-state index in [1.54, 1.807) is 14.0 Å². The van der Waals surface area contributed by atoms with E-state index < -0.39 is 15.3 Å². The number of nitriles is 1. The minimum atomic E-state index is -3.45. The lowest BCUT2D eigenvalue weighted by molar-refractivity contribution is 0.309. The van der Waals surface area contributed by atoms with Crippen LogP contribution in [0.25, 0.3) is 0 Å². The van der Waals surface area contributed by atoms with E-state index in [1.165, 1.54) is 17.1 Å². The molecule has 0 amide bonds. The largest absolute Gasteiger partial charge is 0.302 e. The van der Waals surface area contributed by atoms with Gasteiger partial charge in [-0.25, -0.2) is 12.7 Å². The van der Waals surface area contributed by atoms with Crippen LogP contribution in [0.1, 0.15) is 26.2 Å². The van der Waals surface area contributed by atoms with Crippen molar-refractivity contribution < 1.29 is 8.42 Å². The average molecular weight is 259 g/mol. The zero-order valence-corrected chi connectivity index (χ0v) is 11.4. The molecule has 0 bridgehead atoms. The molecule has 1 fully saturated rings. The fraction of sp³-hybridized carbons (Fsp3) is 0.909. The van der Waals surface area contributed by atoms with E-state index in [9.17, 15) is 8.42 Å². The summed E-state index contributed by atoms with van der Waals surface area (Å²) in [6.45, 7) is 5.07. The molecule has 5 nitrogen and oxygen atoms in total. The van der Waals surface area contributed by atoms with Crippen LogP contribution >= 0.6 is 0 Å². The summed E-state index contributed by atoms with van der Waals surface area (Å²) in [7, 11) is -1.89. The Kier molecular flexibility index (Phi) is 5.37. The molecule has 1 rings (SSSR count). The van der Waals surface area contributed by atoms with Crippen LogP contribution in [0.5, 0.6) is 0 Å². The van der Waals surface area contributed by atoms with E-state index in [0.717, 1.165) is 19.6 Å². The van der Waals surface area contributed by atoms with Crippen molar-refractivity contribution in [2.45, 2.75) is 31.4 Å². The predicted molar refractivity (Wildman–Crippen MR) is 66.9 cm³/mol. The second-order valence-corrected chi connectivity index (χ2v) is 6.66. The molecule has 0 aliphatic carbocycles. The standard InChI is InChI=1S/C11H21N3O2S/c1-3-11(10-12)17(15,16)13(2)8-9-14-6-4-5-7-14/h11H,3-9H2,1-2H3. The number of likely N-dealkylation sites (N-methyl/N-ethyl adjacent to an activating group) is 1. The Balaban J connectivity index is 2.50. The lowest BCUT2D eigenvalue weighted by atomic mass is 10.4. The maximum atomic E-state index is 12.0. The van der Waals surface area contributed by atoms with Crippen LogP contribution in [-0.2, 0) is 10.0 Å². The van der Waals surface area contributed by atoms with Gasteiger partial charge in [0.05, 0.1) is 6.07 Å². The Hall–Kier alpha value is -0.640. The van der Waals surface area contributed by atoms with Gasteiger partial charge in [0.25, 0.3) is 0 Å². The molecular formula is C11H21N3O2S. The first-order chi connectivity index (χ1) is 8.02. The molecule has 0 aromatic heterocycles. The average Bonchev–Trinajstić information content (AvgIpc) is 2.79. The van der Waals surface area contributed by atoms with Gasteiger partial charge in [-0.3, -0.25) is 0 Å². The fourth-order valence-electron chi connectivity index (χ4n) is 2.00. The molecule has 0 aromatic rings. The molecule has 0 radical (unpaired) electrons. The van der Waals surface area contributed by atoms with E-state index in [0.29, 0.717) is 13.0 Å². The molecule has 1 heterocycles. The quantitative estimate of drug-likeness (QED) is 0.702. The SMILES string of the molecule is CCC(C#N)S(=O)(=O)N(C)CCN1CCCC1. The van der Waals surface area contributed by atoms with Crippen molar-refractivity contribution >= 4 is 10.0 Å². The number of nitrogens with zero attached hydrogens (tertiary/aromatic N) is 3. The zero-order valence-electron chi connectivity index (χ0n) is 10.6. The highest BCUT2D eigenvalue weighted by Crippen LogP contribution is 2.11. The first-order valence-electron chi connectivity index (χ1n) is 6.09. The summed E-state index contributed by atoms with van der Waals surface area (Å²) in [4.78, 5) is 2.26. The fourth-order valence-corrected chi connectivity index (χ4v) is 3.33. The molecule has 1 saturated heterocycles. The van der Waals surface area contributed by atoms with Gasteiger partial charge in [0.15, 0.2) is 5.25 Å². The second-order valence-electron chi connectivity index (χ2n) is 4.44. The summed E-state index contributed by atoms with van der Waals surface area (Å²) in [6.07, 6.45) is 2.74. The van der Waals surface area contributed by atoms with Gasteiger partial charge in [0.2, 0.25) is 10.0 Å². The third-order valence-corrected chi connectivity index (χ3v) is 5.45. The molecule has 0 N–H and O–H groups in total. The van der Waals surface area contributed by atoms with Gasteiger partial charge >= 0.3 is 0 Å². The summed E-state index contributed by atoms with van der Waals surface area (Å²) in [5, 5.41) is 7.91. The minimum absolute atomic E-state index is 0.340. The van der Waals surface area contributed by atoms with Crippen LogP contribution in [0, 0.1) is 11.3 Å². The molecule has 1 aliphatic heterocycles. The number of rotatable bonds is 6. The summed E-state index contributed by atoms with van der Waals surface area (Å²) < 4.78 is 25.3. The monoisotopic (exact) mass is 259 g/mol. The summed E-state index contributed by atoms with van der Waals surface area (Å²) in [5.74, 6) is 0. The summed E-state index contributed by atoms with van der Waals surface area (Å²) in [6, 6.07) is 1.86. The van der Waals surface area contributed by atoms with Crippen LogP contribution in [0.2, 0.25) is 0 Å². The molecule has 0 aromatic carbocycles. The van der Waals surface area contributed by atoms with Gasteiger partial charge in [-0.05, 0) is 32.4 Å². The number of hydrogen-bond donors (Lipinski definition) is 0. The van der Waals surface area contributed by atoms with Crippen molar-refractivity contribution in [1.29, 1.82) is 5.26 Å². The van der Waals surface area contributed by atoms with Crippen molar-refractivity contribution in [3.05, 3.63) is 0 Å². The zero-order chi connectivity index (χ0) is 12.9. The molecular weight excluding hydrogens is 238 g/mol. The number of sulfonamides is 1. The maximum absolute atomic E-state index is 12.0. The van der Waals surface area contributed by atoms with Gasteiger partial charge < -0.3 is 4.90 Å². The van der Waals surface area contributed by atoms with Gasteiger partial charge in [-0.2, -0.15) is 5.26 Å². The molecule has 98 valence electrons. The highest BCUT2D eigenvalue weighted by atomic mass is 32.2. The smallest absolute Gasteiger partial charge is 0.230 e. The minimum Gasteiger partial charge on any atom is -0.302 e. The Morgan fingerprint density at radius 3 is 2.47 bits per heavy atom. The summed E-state index contributed by atoms with van der Waals surface area (Å²) >= 11 is 0. The van der Waals surface area contributed by atoms with Crippen LogP contribution < -0.4 is 0 Å². The molecule has 1 unspecified atom stereocenters. The molecule has 1 atom stereocenters. The molecule has 1 aliphatic rings. The van der Waals surface area contributed by atoms with Crippen molar-refractivity contribution in [2.24, 2.45) is 0 Å². The maximum Gasteiger partial charge on any atom is 0.230 e. The Morgan fingerprint density at radius 2 is 2.00 bits per heavy atom. The second kappa shape index (κ2) is 6.34. The van der Waals surface area contributed by atoms with Crippen LogP contribution in [0.3, 0.4) is 0 Å². The Labute approximate surface area is 104 Å². The van der Waals surface area contributed by atoms with Crippen LogP contribution in [0.15, 0.2) is 0 Å². The van der Waals surface area contributed by atoms with Gasteiger partial charge in [-0.15, -0.1) is 0 Å². The lowest BCUT2D eigenvalue weighted by Crippen LogP contribution is -2.39. The molecule has 17 heavy (non-hydrogen) atoms. The highest BCUT2D eigenvalue weighted by molar-refractivity contribution is 7.89. The Morgan fingerprint density at radius 1 is 1.41 bits per heavy atom. The van der Waals surface area contributed by atoms with E-state index in [4.69, 9.17) is 5.26 Å². The van der Waals surface area contributed by atoms with Crippen molar-refractivity contribution in [3.8, 4) is 6.07 Å². The Bertz CT molecular complexity index is 369. The summed E-state index contributed by atoms with van der Waals surface area (Å²) in [5.41, 5.74) is 0. The van der Waals surface area contributed by atoms with Crippen LogP contribution in [0.4, 0.5) is 0 Å². The van der Waals surface area contributed by atoms with E-state index in [1.807, 2.05) is 6.07 Å². The van der Waals surface area contributed by atoms with Crippen molar-refractivity contribution in [1.82, 2.24) is 9.21 Å². The number of likely N-dealkylation sites (tertiary alicyclic amines) is 1. The molecule has 6 heteroatoms. The van der Waals surface area contributed by atoms with Crippen molar-refractivity contribution in [3.63, 3.8) is 0 Å². The first-order valence-corrected chi connectivity index (χ1v) is 7.59. The topological polar surface area (TPSA) is 64.4 Å². The lowest BCUT2D eigenvalue weighted by Gasteiger charge is -2.22. The molecule has 0 saturated carbocycles. The van der Waals surface area contributed by atoms with E-state index in [2.05, 4.69) is 4.90 Å². The van der Waals surface area contributed by atoms with Gasteiger partial charge in [0.1, 0.15) is 0 Å². The highest BCUT2D eigenvalue weighted by Gasteiger charge is 2.28. The van der Waals surface area contributed by atoms with Crippen LogP contribution in [-0.4, -0.2) is 56.1 Å².